The Balaban J connectivity index is 1.59. The van der Waals surface area contributed by atoms with Crippen LogP contribution in [0, 0.1) is 5.92 Å². The Bertz CT molecular complexity index is 1300. The minimum absolute atomic E-state index is 0.0316. The van der Waals surface area contributed by atoms with Crippen LogP contribution in [0.25, 0.3) is 0 Å². The Labute approximate surface area is 214 Å². The van der Waals surface area contributed by atoms with Crippen molar-refractivity contribution in [3.63, 3.8) is 0 Å². The van der Waals surface area contributed by atoms with E-state index in [9.17, 15) is 9.59 Å². The number of esters is 1. The molecule has 36 heavy (non-hydrogen) atoms. The number of Topliss-reactive ketones (excluding diaryl/α,β-unsaturated/α-hetero) is 1. The van der Waals surface area contributed by atoms with Gasteiger partial charge in [0.1, 0.15) is 18.3 Å². The molecule has 0 radical (unpaired) electrons. The summed E-state index contributed by atoms with van der Waals surface area (Å²) in [7, 11) is 1.62. The summed E-state index contributed by atoms with van der Waals surface area (Å²) in [6.45, 7) is 5.56. The zero-order valence-electron chi connectivity index (χ0n) is 20.1. The molecular formula is C28H26ClNO6. The second-order valence-electron chi connectivity index (χ2n) is 9.02. The molecule has 2 aromatic carbocycles. The Kier molecular flexibility index (Phi) is 6.58. The number of nitrogens with zero attached hydrogens (tertiary/aromatic N) is 1. The molecule has 1 unspecified atom stereocenters. The number of hydrogen-bond acceptors (Lipinski definition) is 7. The van der Waals surface area contributed by atoms with Crippen LogP contribution < -0.4 is 14.2 Å². The van der Waals surface area contributed by atoms with E-state index in [4.69, 9.17) is 35.5 Å². The zero-order valence-corrected chi connectivity index (χ0v) is 20.8. The summed E-state index contributed by atoms with van der Waals surface area (Å²) in [6.07, 6.45) is 2.37. The lowest BCUT2D eigenvalue weighted by Gasteiger charge is -2.36. The summed E-state index contributed by atoms with van der Waals surface area (Å²) < 4.78 is 21.7. The van der Waals surface area contributed by atoms with Crippen molar-refractivity contribution < 1.29 is 28.5 Å². The third kappa shape index (κ3) is 4.28. The molecule has 0 N–H and O–H groups in total. The first kappa shape index (κ1) is 24.1. The average Bonchev–Trinajstić information content (AvgIpc) is 3.33. The van der Waals surface area contributed by atoms with E-state index in [1.165, 1.54) is 6.08 Å². The lowest BCUT2D eigenvalue weighted by Crippen LogP contribution is -2.38. The standard InChI is InChI=1S/C28H26ClNO6/c1-4-9-34-28(32)25-15(2)30-21-10-17(16-5-7-18(33-3)8-6-16)11-22(31)27(21)26(25)19-12-23-24(13-20(19)29)36-14-35-23/h4-8,12-13,17,25-26H,1,9-11,14H2,2-3H3/t17-,25?,26+/m1/s1. The molecule has 0 fully saturated rings. The van der Waals surface area contributed by atoms with Gasteiger partial charge in [-0.1, -0.05) is 36.4 Å². The van der Waals surface area contributed by atoms with Crippen molar-refractivity contribution in [3.8, 4) is 17.2 Å². The van der Waals surface area contributed by atoms with E-state index < -0.39 is 17.8 Å². The van der Waals surface area contributed by atoms with E-state index >= 15 is 0 Å². The van der Waals surface area contributed by atoms with Gasteiger partial charge in [0.25, 0.3) is 0 Å². The summed E-state index contributed by atoms with van der Waals surface area (Å²) in [4.78, 5) is 31.7. The fraction of sp³-hybridized carbons (Fsp3) is 0.321. The van der Waals surface area contributed by atoms with E-state index in [1.807, 2.05) is 24.3 Å². The number of carbonyl (C=O) groups excluding carboxylic acids is 2. The Hall–Kier alpha value is -3.58. The van der Waals surface area contributed by atoms with E-state index in [0.717, 1.165) is 11.3 Å². The number of carbonyl (C=O) groups is 2. The van der Waals surface area contributed by atoms with Crippen molar-refractivity contribution >= 4 is 29.1 Å². The molecule has 0 saturated heterocycles. The molecule has 5 rings (SSSR count). The highest BCUT2D eigenvalue weighted by molar-refractivity contribution is 6.32. The van der Waals surface area contributed by atoms with Crippen molar-refractivity contribution in [1.82, 2.24) is 0 Å². The van der Waals surface area contributed by atoms with Gasteiger partial charge in [0.05, 0.1) is 7.11 Å². The number of rotatable bonds is 6. The second kappa shape index (κ2) is 9.82. The highest BCUT2D eigenvalue weighted by Gasteiger charge is 2.46. The number of halogens is 1. The summed E-state index contributed by atoms with van der Waals surface area (Å²) in [5.41, 5.74) is 3.40. The van der Waals surface area contributed by atoms with Crippen molar-refractivity contribution in [2.45, 2.75) is 31.6 Å². The molecule has 1 aliphatic carbocycles. The molecule has 2 aliphatic heterocycles. The van der Waals surface area contributed by atoms with E-state index in [0.29, 0.717) is 51.9 Å². The molecule has 2 heterocycles. The van der Waals surface area contributed by atoms with Gasteiger partial charge < -0.3 is 18.9 Å². The van der Waals surface area contributed by atoms with Crippen LogP contribution in [-0.2, 0) is 14.3 Å². The minimum Gasteiger partial charge on any atom is -0.497 e. The predicted octanol–water partition coefficient (Wildman–Crippen LogP) is 5.38. The molecular weight excluding hydrogens is 482 g/mol. The van der Waals surface area contributed by atoms with Crippen molar-refractivity contribution in [2.75, 3.05) is 20.5 Å². The van der Waals surface area contributed by atoms with Gasteiger partial charge in [0, 0.05) is 40.4 Å². The fourth-order valence-corrected chi connectivity index (χ4v) is 5.49. The Morgan fingerprint density at radius 1 is 1.19 bits per heavy atom. The highest BCUT2D eigenvalue weighted by Crippen LogP contribution is 2.50. The third-order valence-corrected chi connectivity index (χ3v) is 7.23. The molecule has 7 nitrogen and oxygen atoms in total. The van der Waals surface area contributed by atoms with Gasteiger partial charge >= 0.3 is 5.97 Å². The number of fused-ring (bicyclic) bond motifs is 1. The average molecular weight is 508 g/mol. The first-order chi connectivity index (χ1) is 17.4. The summed E-state index contributed by atoms with van der Waals surface area (Å²) >= 11 is 6.71. The van der Waals surface area contributed by atoms with Gasteiger partial charge in [0.15, 0.2) is 17.3 Å². The number of allylic oxidation sites excluding steroid dienone is 2. The summed E-state index contributed by atoms with van der Waals surface area (Å²) in [5.74, 6) is -0.223. The van der Waals surface area contributed by atoms with Crippen LogP contribution in [0.3, 0.4) is 0 Å². The maximum Gasteiger partial charge on any atom is 0.315 e. The fourth-order valence-electron chi connectivity index (χ4n) is 5.21. The summed E-state index contributed by atoms with van der Waals surface area (Å²) in [6, 6.07) is 11.2. The van der Waals surface area contributed by atoms with Crippen molar-refractivity contribution in [2.24, 2.45) is 10.9 Å². The quantitative estimate of drug-likeness (QED) is 0.385. The second-order valence-corrected chi connectivity index (χ2v) is 9.42. The predicted molar refractivity (Wildman–Crippen MR) is 135 cm³/mol. The molecule has 0 bridgehead atoms. The smallest absolute Gasteiger partial charge is 0.315 e. The van der Waals surface area contributed by atoms with Gasteiger partial charge in [-0.15, -0.1) is 0 Å². The maximum absolute atomic E-state index is 13.7. The molecule has 2 aromatic rings. The normalized spacial score (nSPS) is 22.6. The van der Waals surface area contributed by atoms with Crippen molar-refractivity contribution in [3.05, 3.63) is 76.5 Å². The first-order valence-corrected chi connectivity index (χ1v) is 12.1. The molecule has 3 atom stereocenters. The SMILES string of the molecule is C=CCOC(=O)C1C(C)=NC2=C(C(=O)C[C@H](c3ccc(OC)cc3)C2)[C@H]1c1cc2c(cc1Cl)OCO2. The Morgan fingerprint density at radius 2 is 1.92 bits per heavy atom. The van der Waals surface area contributed by atoms with E-state index in [-0.39, 0.29) is 25.1 Å². The molecule has 186 valence electrons. The van der Waals surface area contributed by atoms with Gasteiger partial charge in [0.2, 0.25) is 6.79 Å². The maximum atomic E-state index is 13.7. The van der Waals surface area contributed by atoms with Crippen LogP contribution in [0.1, 0.15) is 42.7 Å². The van der Waals surface area contributed by atoms with Crippen LogP contribution >= 0.6 is 11.6 Å². The Morgan fingerprint density at radius 3 is 2.61 bits per heavy atom. The third-order valence-electron chi connectivity index (χ3n) is 6.90. The molecule has 0 saturated carbocycles. The number of methoxy groups -OCH3 is 1. The van der Waals surface area contributed by atoms with E-state index in [1.54, 1.807) is 26.2 Å². The van der Waals surface area contributed by atoms with Gasteiger partial charge in [-0.2, -0.15) is 0 Å². The topological polar surface area (TPSA) is 83.4 Å². The van der Waals surface area contributed by atoms with Gasteiger partial charge in [-0.25, -0.2) is 0 Å². The monoisotopic (exact) mass is 507 g/mol. The minimum atomic E-state index is -0.803. The van der Waals surface area contributed by atoms with Gasteiger partial charge in [-0.05, 0) is 48.6 Å². The summed E-state index contributed by atoms with van der Waals surface area (Å²) in [5, 5.41) is 0.386. The van der Waals surface area contributed by atoms with Crippen LogP contribution in [0.15, 0.2) is 65.3 Å². The molecule has 0 spiro atoms. The number of hydrogen-bond donors (Lipinski definition) is 0. The number of ketones is 1. The highest BCUT2D eigenvalue weighted by atomic mass is 35.5. The molecule has 0 aromatic heterocycles. The molecule has 0 amide bonds. The van der Waals surface area contributed by atoms with Crippen LogP contribution in [0.5, 0.6) is 17.2 Å². The number of ether oxygens (including phenoxy) is 4. The van der Waals surface area contributed by atoms with Gasteiger partial charge in [-0.3, -0.25) is 14.6 Å². The number of benzene rings is 2. The largest absolute Gasteiger partial charge is 0.497 e. The molecule has 3 aliphatic rings. The molecule has 8 heteroatoms. The van der Waals surface area contributed by atoms with E-state index in [2.05, 4.69) is 6.58 Å². The first-order valence-electron chi connectivity index (χ1n) is 11.7. The number of aliphatic imine (C=N–C) groups is 1. The lowest BCUT2D eigenvalue weighted by molar-refractivity contribution is -0.145. The van der Waals surface area contributed by atoms with Crippen LogP contribution in [0.2, 0.25) is 5.02 Å². The van der Waals surface area contributed by atoms with Crippen LogP contribution in [-0.4, -0.2) is 38.0 Å². The van der Waals surface area contributed by atoms with Crippen LogP contribution in [0.4, 0.5) is 0 Å². The zero-order chi connectivity index (χ0) is 25.4. The lowest BCUT2D eigenvalue weighted by atomic mass is 9.69. The van der Waals surface area contributed by atoms with Crippen molar-refractivity contribution in [1.29, 1.82) is 0 Å².